The van der Waals surface area contributed by atoms with Crippen molar-refractivity contribution in [1.29, 1.82) is 0 Å². The van der Waals surface area contributed by atoms with E-state index in [4.69, 9.17) is 0 Å². The average molecular weight is 326 g/mol. The van der Waals surface area contributed by atoms with Gasteiger partial charge in [-0.1, -0.05) is 36.9 Å². The van der Waals surface area contributed by atoms with Crippen molar-refractivity contribution in [2.75, 3.05) is 5.75 Å². The van der Waals surface area contributed by atoms with E-state index < -0.39 is 0 Å². The standard InChI is InChI=1S/C17H18N4OS/c1-2-10-4-3-5-12-13(8-18-15(10)12)14(22)9-23-17-19-16(20-21-17)11-6-7-11/h3-5,8,11,18H,2,6-7,9H2,1H3,(H,19,20,21). The third-order valence-electron chi connectivity index (χ3n) is 4.26. The Kier molecular flexibility index (Phi) is 3.69. The van der Waals surface area contributed by atoms with Crippen molar-refractivity contribution in [3.63, 3.8) is 0 Å². The summed E-state index contributed by atoms with van der Waals surface area (Å²) in [4.78, 5) is 20.2. The first-order valence-electron chi connectivity index (χ1n) is 7.93. The monoisotopic (exact) mass is 326 g/mol. The number of fused-ring (bicyclic) bond motifs is 1. The van der Waals surface area contributed by atoms with Crippen molar-refractivity contribution in [2.24, 2.45) is 0 Å². The van der Waals surface area contributed by atoms with Crippen LogP contribution in [0.2, 0.25) is 0 Å². The largest absolute Gasteiger partial charge is 0.360 e. The lowest BCUT2D eigenvalue weighted by Gasteiger charge is -2.00. The Labute approximate surface area is 138 Å². The quantitative estimate of drug-likeness (QED) is 0.535. The summed E-state index contributed by atoms with van der Waals surface area (Å²) in [5.74, 6) is 1.96. The van der Waals surface area contributed by atoms with Crippen LogP contribution < -0.4 is 0 Å². The number of nitrogens with zero attached hydrogens (tertiary/aromatic N) is 2. The number of hydrogen-bond donors (Lipinski definition) is 2. The predicted molar refractivity (Wildman–Crippen MR) is 91.1 cm³/mol. The molecule has 0 atom stereocenters. The summed E-state index contributed by atoms with van der Waals surface area (Å²) in [6, 6.07) is 6.10. The molecule has 118 valence electrons. The molecular formula is C17H18N4OS. The number of carbonyl (C=O) groups is 1. The Balaban J connectivity index is 1.50. The molecule has 1 saturated carbocycles. The maximum atomic E-state index is 12.5. The fraction of sp³-hybridized carbons (Fsp3) is 0.353. The summed E-state index contributed by atoms with van der Waals surface area (Å²) in [6.07, 6.45) is 5.14. The van der Waals surface area contributed by atoms with Crippen LogP contribution in [0.3, 0.4) is 0 Å². The number of aromatic amines is 2. The smallest absolute Gasteiger partial charge is 0.208 e. The van der Waals surface area contributed by atoms with Gasteiger partial charge in [-0.15, -0.1) is 5.10 Å². The highest BCUT2D eigenvalue weighted by Gasteiger charge is 2.27. The van der Waals surface area contributed by atoms with E-state index >= 15 is 0 Å². The van der Waals surface area contributed by atoms with Crippen LogP contribution in [0.25, 0.3) is 10.9 Å². The SMILES string of the molecule is CCc1cccc2c(C(=O)CSc3n[nH]c(C4CC4)n3)c[nH]c12. The molecular weight excluding hydrogens is 308 g/mol. The Hall–Kier alpha value is -2.08. The molecule has 0 unspecified atom stereocenters. The van der Waals surface area contributed by atoms with Gasteiger partial charge in [0.05, 0.1) is 5.75 Å². The fourth-order valence-electron chi connectivity index (χ4n) is 2.81. The van der Waals surface area contributed by atoms with Crippen LogP contribution in [-0.2, 0) is 6.42 Å². The van der Waals surface area contributed by atoms with Crippen LogP contribution in [0, 0.1) is 0 Å². The Bertz CT molecular complexity index is 862. The van der Waals surface area contributed by atoms with Crippen LogP contribution in [0.5, 0.6) is 0 Å². The summed E-state index contributed by atoms with van der Waals surface area (Å²) < 4.78 is 0. The molecule has 5 nitrogen and oxygen atoms in total. The minimum absolute atomic E-state index is 0.104. The van der Waals surface area contributed by atoms with Gasteiger partial charge in [-0.25, -0.2) is 4.98 Å². The molecule has 1 aromatic carbocycles. The molecule has 0 aliphatic heterocycles. The van der Waals surface area contributed by atoms with Crippen molar-refractivity contribution in [3.8, 4) is 0 Å². The van der Waals surface area contributed by atoms with Crippen molar-refractivity contribution < 1.29 is 4.79 Å². The number of benzene rings is 1. The number of aromatic nitrogens is 4. The van der Waals surface area contributed by atoms with Crippen molar-refractivity contribution in [2.45, 2.75) is 37.3 Å². The minimum Gasteiger partial charge on any atom is -0.360 e. The molecule has 0 amide bonds. The zero-order valence-electron chi connectivity index (χ0n) is 12.9. The second kappa shape index (κ2) is 5.85. The topological polar surface area (TPSA) is 74.4 Å². The van der Waals surface area contributed by atoms with Crippen LogP contribution in [-0.4, -0.2) is 31.7 Å². The van der Waals surface area contributed by atoms with Gasteiger partial charge in [-0.05, 0) is 24.8 Å². The van der Waals surface area contributed by atoms with Gasteiger partial charge in [0.25, 0.3) is 0 Å². The summed E-state index contributed by atoms with van der Waals surface area (Å²) in [5.41, 5.74) is 3.05. The Morgan fingerprint density at radius 1 is 1.39 bits per heavy atom. The van der Waals surface area contributed by atoms with E-state index in [0.29, 0.717) is 16.8 Å². The molecule has 1 fully saturated rings. The maximum absolute atomic E-state index is 12.5. The molecule has 3 aromatic rings. The highest BCUT2D eigenvalue weighted by molar-refractivity contribution is 7.99. The molecule has 0 spiro atoms. The second-order valence-electron chi connectivity index (χ2n) is 5.88. The van der Waals surface area contributed by atoms with Crippen LogP contribution in [0.1, 0.15) is 47.4 Å². The van der Waals surface area contributed by atoms with Crippen molar-refractivity contribution in [3.05, 3.63) is 41.3 Å². The van der Waals surface area contributed by atoms with Gasteiger partial charge >= 0.3 is 0 Å². The van der Waals surface area contributed by atoms with E-state index in [2.05, 4.69) is 33.2 Å². The highest BCUT2D eigenvalue weighted by Crippen LogP contribution is 2.38. The number of para-hydroxylation sites is 1. The Morgan fingerprint density at radius 3 is 3.04 bits per heavy atom. The van der Waals surface area contributed by atoms with Gasteiger partial charge < -0.3 is 4.98 Å². The molecule has 1 aliphatic carbocycles. The number of aryl methyl sites for hydroxylation is 1. The number of rotatable bonds is 6. The number of Topliss-reactive ketones (excluding diaryl/α,β-unsaturated/α-hetero) is 1. The van der Waals surface area contributed by atoms with E-state index in [1.165, 1.54) is 30.2 Å². The normalized spacial score (nSPS) is 14.5. The lowest BCUT2D eigenvalue weighted by Crippen LogP contribution is -2.01. The predicted octanol–water partition coefficient (Wildman–Crippen LogP) is 3.70. The molecule has 2 aromatic heterocycles. The third kappa shape index (κ3) is 2.79. The zero-order chi connectivity index (χ0) is 15.8. The Morgan fingerprint density at radius 2 is 2.26 bits per heavy atom. The number of nitrogens with one attached hydrogen (secondary N) is 2. The molecule has 6 heteroatoms. The lowest BCUT2D eigenvalue weighted by molar-refractivity contribution is 0.102. The number of ketones is 1. The average Bonchev–Trinajstić information content (AvgIpc) is 3.16. The van der Waals surface area contributed by atoms with Gasteiger partial charge in [0, 0.05) is 28.6 Å². The first-order valence-corrected chi connectivity index (χ1v) is 8.92. The summed E-state index contributed by atoms with van der Waals surface area (Å²) in [7, 11) is 0. The molecule has 1 aliphatic rings. The number of H-pyrrole nitrogens is 2. The van der Waals surface area contributed by atoms with E-state index in [1.54, 1.807) is 0 Å². The molecule has 0 saturated heterocycles. The zero-order valence-corrected chi connectivity index (χ0v) is 13.7. The first kappa shape index (κ1) is 14.5. The molecule has 23 heavy (non-hydrogen) atoms. The van der Waals surface area contributed by atoms with Crippen LogP contribution in [0.15, 0.2) is 29.6 Å². The summed E-state index contributed by atoms with van der Waals surface area (Å²) in [5, 5.41) is 8.82. The second-order valence-corrected chi connectivity index (χ2v) is 6.83. The third-order valence-corrected chi connectivity index (χ3v) is 5.11. The molecule has 0 radical (unpaired) electrons. The molecule has 2 N–H and O–H groups in total. The molecule has 4 rings (SSSR count). The van der Waals surface area contributed by atoms with E-state index in [-0.39, 0.29) is 5.78 Å². The van der Waals surface area contributed by atoms with Gasteiger partial charge in [-0.3, -0.25) is 9.89 Å². The molecule has 0 bridgehead atoms. The first-order chi connectivity index (χ1) is 11.3. The summed E-state index contributed by atoms with van der Waals surface area (Å²) >= 11 is 1.39. The number of thioether (sulfide) groups is 1. The van der Waals surface area contributed by atoms with Gasteiger partial charge in [0.2, 0.25) is 5.16 Å². The molecule has 2 heterocycles. The van der Waals surface area contributed by atoms with E-state index in [1.807, 2.05) is 18.3 Å². The minimum atomic E-state index is 0.104. The van der Waals surface area contributed by atoms with Gasteiger partial charge in [0.1, 0.15) is 5.82 Å². The maximum Gasteiger partial charge on any atom is 0.208 e. The highest BCUT2D eigenvalue weighted by atomic mass is 32.2. The number of carbonyl (C=O) groups excluding carboxylic acids is 1. The van der Waals surface area contributed by atoms with Crippen LogP contribution in [0.4, 0.5) is 0 Å². The fourth-order valence-corrected chi connectivity index (χ4v) is 3.50. The lowest BCUT2D eigenvalue weighted by atomic mass is 10.1. The van der Waals surface area contributed by atoms with Crippen molar-refractivity contribution >= 4 is 28.4 Å². The van der Waals surface area contributed by atoms with Gasteiger partial charge in [-0.2, -0.15) is 0 Å². The van der Waals surface area contributed by atoms with E-state index in [0.717, 1.165) is 28.7 Å². The van der Waals surface area contributed by atoms with Gasteiger partial charge in [0.15, 0.2) is 5.78 Å². The van der Waals surface area contributed by atoms with Crippen LogP contribution >= 0.6 is 11.8 Å². The van der Waals surface area contributed by atoms with Crippen molar-refractivity contribution in [1.82, 2.24) is 20.2 Å². The number of hydrogen-bond acceptors (Lipinski definition) is 4. The van der Waals surface area contributed by atoms with E-state index in [9.17, 15) is 4.79 Å². The summed E-state index contributed by atoms with van der Waals surface area (Å²) in [6.45, 7) is 2.12.